The van der Waals surface area contributed by atoms with E-state index in [9.17, 15) is 4.79 Å². The molecule has 0 spiro atoms. The molecule has 1 unspecified atom stereocenters. The molecule has 3 rings (SSSR count). The first-order valence-electron chi connectivity index (χ1n) is 9.19. The number of aromatic nitrogens is 2. The van der Waals surface area contributed by atoms with Gasteiger partial charge in [-0.25, -0.2) is 0 Å². The van der Waals surface area contributed by atoms with Crippen molar-refractivity contribution < 1.29 is 4.79 Å². The second-order valence-corrected chi connectivity index (χ2v) is 6.73. The van der Waals surface area contributed by atoms with Crippen molar-refractivity contribution in [2.24, 2.45) is 0 Å². The molecule has 23 heavy (non-hydrogen) atoms. The lowest BCUT2D eigenvalue weighted by Gasteiger charge is -2.35. The molecular formula is C18H28N4O. The van der Waals surface area contributed by atoms with Gasteiger partial charge in [0, 0.05) is 25.7 Å². The zero-order chi connectivity index (χ0) is 16.1. The molecule has 3 heterocycles. The van der Waals surface area contributed by atoms with Crippen LogP contribution in [0.15, 0.2) is 12.1 Å². The molecule has 1 amide bonds. The topological polar surface area (TPSA) is 49.3 Å². The summed E-state index contributed by atoms with van der Waals surface area (Å²) < 4.78 is 0. The molecule has 0 aromatic carbocycles. The van der Waals surface area contributed by atoms with Crippen LogP contribution in [0.1, 0.15) is 68.8 Å². The highest BCUT2D eigenvalue weighted by molar-refractivity contribution is 5.92. The van der Waals surface area contributed by atoms with Crippen molar-refractivity contribution in [1.29, 1.82) is 0 Å². The van der Waals surface area contributed by atoms with Gasteiger partial charge < -0.3 is 9.80 Å². The second kappa shape index (κ2) is 7.75. The molecule has 5 heteroatoms. The van der Waals surface area contributed by atoms with Gasteiger partial charge in [0.25, 0.3) is 5.91 Å². The predicted molar refractivity (Wildman–Crippen MR) is 91.7 cm³/mol. The number of nitrogens with zero attached hydrogens (tertiary/aromatic N) is 4. The van der Waals surface area contributed by atoms with Gasteiger partial charge in [0.1, 0.15) is 0 Å². The highest BCUT2D eigenvalue weighted by Crippen LogP contribution is 2.22. The molecule has 0 N–H and O–H groups in total. The number of hydrogen-bond acceptors (Lipinski definition) is 4. The summed E-state index contributed by atoms with van der Waals surface area (Å²) in [5.41, 5.74) is 0.490. The van der Waals surface area contributed by atoms with Crippen LogP contribution in [-0.2, 0) is 0 Å². The highest BCUT2D eigenvalue weighted by Gasteiger charge is 2.27. The normalized spacial score (nSPS) is 22.7. The molecule has 2 aliphatic heterocycles. The zero-order valence-corrected chi connectivity index (χ0v) is 14.2. The summed E-state index contributed by atoms with van der Waals surface area (Å²) in [7, 11) is 0. The Morgan fingerprint density at radius 1 is 1.04 bits per heavy atom. The van der Waals surface area contributed by atoms with Crippen LogP contribution in [0.25, 0.3) is 0 Å². The van der Waals surface area contributed by atoms with Gasteiger partial charge in [0.2, 0.25) is 0 Å². The van der Waals surface area contributed by atoms with E-state index in [1.54, 1.807) is 0 Å². The first-order valence-corrected chi connectivity index (χ1v) is 9.19. The molecule has 1 atom stereocenters. The average Bonchev–Trinajstić information content (AvgIpc) is 2.90. The molecule has 1 aromatic heterocycles. The number of carbonyl (C=O) groups is 1. The van der Waals surface area contributed by atoms with Gasteiger partial charge in [0.05, 0.1) is 0 Å². The SMILES string of the molecule is CCC1CCCCN1C(=O)c1ccc(N2CCCCCC2)nn1. The van der Waals surface area contributed by atoms with Crippen LogP contribution in [0.3, 0.4) is 0 Å². The number of hydrogen-bond donors (Lipinski definition) is 0. The summed E-state index contributed by atoms with van der Waals surface area (Å²) in [5.74, 6) is 0.959. The molecule has 2 aliphatic rings. The smallest absolute Gasteiger partial charge is 0.274 e. The highest BCUT2D eigenvalue weighted by atomic mass is 16.2. The van der Waals surface area contributed by atoms with Gasteiger partial charge in [-0.2, -0.15) is 0 Å². The maximum absolute atomic E-state index is 12.7. The van der Waals surface area contributed by atoms with Gasteiger partial charge in [-0.05, 0) is 50.7 Å². The molecule has 1 aromatic rings. The van der Waals surface area contributed by atoms with Crippen molar-refractivity contribution in [3.05, 3.63) is 17.8 Å². The fraction of sp³-hybridized carbons (Fsp3) is 0.722. The number of anilines is 1. The van der Waals surface area contributed by atoms with E-state index in [1.807, 2.05) is 17.0 Å². The summed E-state index contributed by atoms with van der Waals surface area (Å²) in [6, 6.07) is 4.19. The molecule has 0 radical (unpaired) electrons. The maximum Gasteiger partial charge on any atom is 0.274 e. The van der Waals surface area contributed by atoms with E-state index in [0.717, 1.165) is 44.7 Å². The van der Waals surface area contributed by atoms with Gasteiger partial charge >= 0.3 is 0 Å². The van der Waals surface area contributed by atoms with Crippen LogP contribution in [0.5, 0.6) is 0 Å². The van der Waals surface area contributed by atoms with Crippen molar-refractivity contribution >= 4 is 11.7 Å². The fourth-order valence-electron chi connectivity index (χ4n) is 3.75. The predicted octanol–water partition coefficient (Wildman–Crippen LogP) is 3.26. The minimum atomic E-state index is 0.0477. The molecule has 126 valence electrons. The Labute approximate surface area is 139 Å². The van der Waals surface area contributed by atoms with Crippen LogP contribution in [0, 0.1) is 0 Å². The van der Waals surface area contributed by atoms with Crippen molar-refractivity contribution in [1.82, 2.24) is 15.1 Å². The number of rotatable bonds is 3. The summed E-state index contributed by atoms with van der Waals surface area (Å²) in [6.45, 7) is 5.11. The minimum Gasteiger partial charge on any atom is -0.355 e. The Balaban J connectivity index is 1.69. The Hall–Kier alpha value is -1.65. The largest absolute Gasteiger partial charge is 0.355 e. The van der Waals surface area contributed by atoms with E-state index in [2.05, 4.69) is 22.0 Å². The van der Waals surface area contributed by atoms with E-state index in [4.69, 9.17) is 0 Å². The fourth-order valence-corrected chi connectivity index (χ4v) is 3.75. The lowest BCUT2D eigenvalue weighted by Crippen LogP contribution is -2.43. The third kappa shape index (κ3) is 3.82. The molecule has 0 bridgehead atoms. The van der Waals surface area contributed by atoms with Crippen LogP contribution >= 0.6 is 0 Å². The molecule has 5 nitrogen and oxygen atoms in total. The van der Waals surface area contributed by atoms with Crippen molar-refractivity contribution in [3.8, 4) is 0 Å². The van der Waals surface area contributed by atoms with Gasteiger partial charge in [-0.3, -0.25) is 4.79 Å². The standard InChI is InChI=1S/C18H28N4O/c1-2-15-9-5-8-14-22(15)18(23)16-10-11-17(20-19-16)21-12-6-3-4-7-13-21/h10-11,15H,2-9,12-14H2,1H3. The minimum absolute atomic E-state index is 0.0477. The number of carbonyl (C=O) groups excluding carboxylic acids is 1. The third-order valence-electron chi connectivity index (χ3n) is 5.16. The van der Waals surface area contributed by atoms with Crippen molar-refractivity contribution in [2.45, 2.75) is 64.3 Å². The summed E-state index contributed by atoms with van der Waals surface area (Å²) >= 11 is 0. The Bertz CT molecular complexity index is 508. The van der Waals surface area contributed by atoms with Crippen molar-refractivity contribution in [2.75, 3.05) is 24.5 Å². The second-order valence-electron chi connectivity index (χ2n) is 6.73. The molecule has 0 aliphatic carbocycles. The first kappa shape index (κ1) is 16.2. The maximum atomic E-state index is 12.7. The number of amides is 1. The van der Waals surface area contributed by atoms with E-state index in [0.29, 0.717) is 11.7 Å². The molecule has 2 saturated heterocycles. The van der Waals surface area contributed by atoms with E-state index >= 15 is 0 Å². The Kier molecular flexibility index (Phi) is 5.47. The zero-order valence-electron chi connectivity index (χ0n) is 14.2. The van der Waals surface area contributed by atoms with E-state index in [-0.39, 0.29) is 5.91 Å². The summed E-state index contributed by atoms with van der Waals surface area (Å²) in [4.78, 5) is 17.0. The number of likely N-dealkylation sites (tertiary alicyclic amines) is 1. The van der Waals surface area contributed by atoms with Crippen LogP contribution in [-0.4, -0.2) is 46.7 Å². The Morgan fingerprint density at radius 3 is 2.43 bits per heavy atom. The molecule has 2 fully saturated rings. The summed E-state index contributed by atoms with van der Waals surface area (Å²) in [5, 5.41) is 8.58. The quantitative estimate of drug-likeness (QED) is 0.859. The van der Waals surface area contributed by atoms with Crippen molar-refractivity contribution in [3.63, 3.8) is 0 Å². The third-order valence-corrected chi connectivity index (χ3v) is 5.16. The van der Waals surface area contributed by atoms with Gasteiger partial charge in [-0.15, -0.1) is 10.2 Å². The van der Waals surface area contributed by atoms with Gasteiger partial charge in [0.15, 0.2) is 11.5 Å². The lowest BCUT2D eigenvalue weighted by molar-refractivity contribution is 0.0601. The average molecular weight is 316 g/mol. The Morgan fingerprint density at radius 2 is 1.78 bits per heavy atom. The van der Waals surface area contributed by atoms with Crippen LogP contribution in [0.2, 0.25) is 0 Å². The lowest BCUT2D eigenvalue weighted by atomic mass is 9.99. The summed E-state index contributed by atoms with van der Waals surface area (Å²) in [6.07, 6.45) is 9.49. The monoisotopic (exact) mass is 316 g/mol. The first-order chi connectivity index (χ1) is 11.3. The molecule has 0 saturated carbocycles. The van der Waals surface area contributed by atoms with E-state index in [1.165, 1.54) is 32.1 Å². The molecular weight excluding hydrogens is 288 g/mol. The van der Waals surface area contributed by atoms with E-state index < -0.39 is 0 Å². The van der Waals surface area contributed by atoms with Gasteiger partial charge in [-0.1, -0.05) is 19.8 Å². The number of piperidine rings is 1. The van der Waals surface area contributed by atoms with Crippen LogP contribution in [0.4, 0.5) is 5.82 Å². The van der Waals surface area contributed by atoms with Crippen LogP contribution < -0.4 is 4.90 Å².